The van der Waals surface area contributed by atoms with Gasteiger partial charge in [0.15, 0.2) is 11.4 Å². The van der Waals surface area contributed by atoms with Crippen LogP contribution in [0.15, 0.2) is 11.6 Å². The number of cyclic esters (lactones) is 1. The molecule has 164 valence electrons. The lowest BCUT2D eigenvalue weighted by Gasteiger charge is -2.60. The van der Waals surface area contributed by atoms with Crippen molar-refractivity contribution in [2.75, 3.05) is 6.61 Å². The second kappa shape index (κ2) is 6.63. The van der Waals surface area contributed by atoms with Crippen LogP contribution in [0.1, 0.15) is 47.0 Å². The highest BCUT2D eigenvalue weighted by atomic mass is 35.5. The number of carbonyl (C=O) groups excluding carboxylic acids is 4. The molecule has 0 aromatic rings. The fourth-order valence-corrected chi connectivity index (χ4v) is 7.43. The van der Waals surface area contributed by atoms with E-state index in [0.29, 0.717) is 18.4 Å². The fourth-order valence-electron chi connectivity index (χ4n) is 6.95. The van der Waals surface area contributed by atoms with Gasteiger partial charge in [-0.1, -0.05) is 13.8 Å². The Balaban J connectivity index is 1.84. The van der Waals surface area contributed by atoms with E-state index < -0.39 is 51.7 Å². The van der Waals surface area contributed by atoms with Gasteiger partial charge in [0.1, 0.15) is 12.4 Å². The first-order chi connectivity index (χ1) is 13.9. The summed E-state index contributed by atoms with van der Waals surface area (Å²) in [6, 6.07) is 0. The van der Waals surface area contributed by atoms with E-state index in [1.54, 1.807) is 0 Å². The highest BCUT2D eigenvalue weighted by Crippen LogP contribution is 2.67. The number of ether oxygens (including phenoxy) is 2. The maximum absolute atomic E-state index is 13.3. The van der Waals surface area contributed by atoms with Crippen LogP contribution in [-0.4, -0.2) is 52.3 Å². The van der Waals surface area contributed by atoms with Gasteiger partial charge in [-0.2, -0.15) is 0 Å². The summed E-state index contributed by atoms with van der Waals surface area (Å²) in [4.78, 5) is 49.8. The van der Waals surface area contributed by atoms with E-state index in [-0.39, 0.29) is 30.5 Å². The maximum atomic E-state index is 13.3. The monoisotopic (exact) mass is 438 g/mol. The van der Waals surface area contributed by atoms with Crippen LogP contribution in [0, 0.1) is 28.6 Å². The van der Waals surface area contributed by atoms with Crippen LogP contribution in [0.2, 0.25) is 0 Å². The number of aliphatic hydroxyl groups is 1. The molecule has 4 rings (SSSR count). The molecular formula is C22H27ClO7. The van der Waals surface area contributed by atoms with Crippen LogP contribution in [0.25, 0.3) is 0 Å². The number of Topliss-reactive ketones (excluding diaryl/α,β-unsaturated/α-hetero) is 2. The highest BCUT2D eigenvalue weighted by Gasteiger charge is 2.73. The third-order valence-corrected chi connectivity index (χ3v) is 8.84. The Morgan fingerprint density at radius 3 is 2.53 bits per heavy atom. The summed E-state index contributed by atoms with van der Waals surface area (Å²) >= 11 is 6.63. The normalized spacial score (nSPS) is 47.4. The molecule has 0 radical (unpaired) electrons. The Morgan fingerprint density at radius 1 is 1.27 bits per heavy atom. The lowest BCUT2D eigenvalue weighted by molar-refractivity contribution is -0.193. The number of esters is 2. The van der Waals surface area contributed by atoms with Crippen LogP contribution < -0.4 is 0 Å². The Labute approximate surface area is 180 Å². The largest absolute Gasteiger partial charge is 0.462 e. The van der Waals surface area contributed by atoms with Gasteiger partial charge in [0.05, 0.1) is 17.9 Å². The number of halogens is 1. The first kappa shape index (κ1) is 21.5. The minimum atomic E-state index is -1.54. The number of ketones is 2. The van der Waals surface area contributed by atoms with Gasteiger partial charge >= 0.3 is 11.9 Å². The molecule has 0 spiro atoms. The summed E-state index contributed by atoms with van der Waals surface area (Å²) < 4.78 is 10.9. The van der Waals surface area contributed by atoms with Crippen molar-refractivity contribution in [2.45, 2.75) is 64.0 Å². The smallest absolute Gasteiger partial charge is 0.330 e. The molecule has 30 heavy (non-hydrogen) atoms. The zero-order valence-electron chi connectivity index (χ0n) is 17.6. The Kier molecular flexibility index (Phi) is 4.75. The van der Waals surface area contributed by atoms with Crippen molar-refractivity contribution < 1.29 is 33.8 Å². The molecule has 8 heteroatoms. The van der Waals surface area contributed by atoms with Gasteiger partial charge in [0.25, 0.3) is 0 Å². The molecule has 0 aromatic heterocycles. The molecule has 0 bridgehead atoms. The average molecular weight is 439 g/mol. The summed E-state index contributed by atoms with van der Waals surface area (Å²) in [5.74, 6) is -3.04. The predicted octanol–water partition coefficient (Wildman–Crippen LogP) is 1.97. The van der Waals surface area contributed by atoms with Gasteiger partial charge in [-0.05, 0) is 31.3 Å². The van der Waals surface area contributed by atoms with Crippen molar-refractivity contribution in [2.24, 2.45) is 28.6 Å². The van der Waals surface area contributed by atoms with Gasteiger partial charge in [-0.3, -0.25) is 14.4 Å². The summed E-state index contributed by atoms with van der Waals surface area (Å²) in [5, 5.41) is 10.4. The van der Waals surface area contributed by atoms with Gasteiger partial charge in [-0.15, -0.1) is 11.6 Å². The second-order valence-electron chi connectivity index (χ2n) is 9.75. The number of alkyl halides is 1. The predicted molar refractivity (Wildman–Crippen MR) is 105 cm³/mol. The molecule has 3 aliphatic carbocycles. The third kappa shape index (κ3) is 2.54. The van der Waals surface area contributed by atoms with E-state index in [0.717, 1.165) is 0 Å². The van der Waals surface area contributed by atoms with E-state index in [9.17, 15) is 24.3 Å². The van der Waals surface area contributed by atoms with E-state index in [1.807, 2.05) is 13.8 Å². The Morgan fingerprint density at radius 2 is 1.93 bits per heavy atom. The number of aliphatic hydroxyl groups excluding tert-OH is 1. The van der Waals surface area contributed by atoms with Crippen molar-refractivity contribution in [3.05, 3.63) is 11.6 Å². The lowest BCUT2D eigenvalue weighted by atomic mass is 9.46. The van der Waals surface area contributed by atoms with Crippen molar-refractivity contribution in [3.63, 3.8) is 0 Å². The molecule has 1 aliphatic heterocycles. The molecule has 0 saturated heterocycles. The number of fused-ring (bicyclic) bond motifs is 5. The Bertz CT molecular complexity index is 881. The second-order valence-corrected chi connectivity index (χ2v) is 10.2. The molecule has 4 aliphatic rings. The average Bonchev–Trinajstić information content (AvgIpc) is 2.88. The molecule has 0 aromatic carbocycles. The number of carbonyl (C=O) groups is 4. The maximum Gasteiger partial charge on any atom is 0.330 e. The van der Waals surface area contributed by atoms with Gasteiger partial charge < -0.3 is 14.6 Å². The zero-order valence-corrected chi connectivity index (χ0v) is 18.3. The van der Waals surface area contributed by atoms with Crippen molar-refractivity contribution in [3.8, 4) is 0 Å². The van der Waals surface area contributed by atoms with Crippen LogP contribution in [-0.2, 0) is 28.7 Å². The summed E-state index contributed by atoms with van der Waals surface area (Å²) in [7, 11) is 0. The topological polar surface area (TPSA) is 107 Å². The third-order valence-electron chi connectivity index (χ3n) is 8.35. The van der Waals surface area contributed by atoms with Crippen LogP contribution >= 0.6 is 11.6 Å². The standard InChI is InChI=1S/C22H27ClO7/c1-10(24)22(30-11(2)25)8-14(26)17-16-12(5-6-21(17,22)4)20(3)9-29-15(27)7-13(20)18(23)19(16)28/h7,12,16-19,28H,5-6,8-9H2,1-4H3/t12?,16?,17?,18-,19-,20?,21?,22-/m0/s1. The van der Waals surface area contributed by atoms with Gasteiger partial charge in [0, 0.05) is 35.7 Å². The SMILES string of the molecule is CC(=O)O[C@]1(C(C)=O)CC(=O)C2C3C(CCC21C)C1(C)COC(=O)C=C1[C@H](Cl)[C@H]3O. The quantitative estimate of drug-likeness (QED) is 0.518. The first-order valence-corrected chi connectivity index (χ1v) is 10.8. The molecule has 1 N–H and O–H groups in total. The number of rotatable bonds is 2. The first-order valence-electron chi connectivity index (χ1n) is 10.3. The minimum Gasteiger partial charge on any atom is -0.462 e. The fraction of sp³-hybridized carbons (Fsp3) is 0.727. The number of hydrogen-bond acceptors (Lipinski definition) is 7. The van der Waals surface area contributed by atoms with Crippen LogP contribution in [0.4, 0.5) is 0 Å². The molecule has 5 unspecified atom stereocenters. The van der Waals surface area contributed by atoms with E-state index in [2.05, 4.69) is 0 Å². The Hall–Kier alpha value is -1.73. The molecule has 7 nitrogen and oxygen atoms in total. The van der Waals surface area contributed by atoms with Gasteiger partial charge in [-0.25, -0.2) is 4.79 Å². The molecule has 0 amide bonds. The van der Waals surface area contributed by atoms with E-state index in [4.69, 9.17) is 21.1 Å². The summed E-state index contributed by atoms with van der Waals surface area (Å²) in [6.07, 6.45) is 1.14. The minimum absolute atomic E-state index is 0.133. The molecule has 8 atom stereocenters. The van der Waals surface area contributed by atoms with Crippen LogP contribution in [0.5, 0.6) is 0 Å². The summed E-state index contributed by atoms with van der Waals surface area (Å²) in [6.45, 7) is 6.48. The van der Waals surface area contributed by atoms with E-state index >= 15 is 0 Å². The highest BCUT2D eigenvalue weighted by molar-refractivity contribution is 6.23. The zero-order chi connectivity index (χ0) is 22.2. The molecular weight excluding hydrogens is 412 g/mol. The summed E-state index contributed by atoms with van der Waals surface area (Å²) in [5.41, 5.74) is -2.44. The van der Waals surface area contributed by atoms with Gasteiger partial charge in [0.2, 0.25) is 0 Å². The van der Waals surface area contributed by atoms with Crippen molar-refractivity contribution in [1.29, 1.82) is 0 Å². The molecule has 3 saturated carbocycles. The lowest BCUT2D eigenvalue weighted by Crippen LogP contribution is -2.64. The molecule has 3 fully saturated rings. The van der Waals surface area contributed by atoms with E-state index in [1.165, 1.54) is 19.9 Å². The molecule has 1 heterocycles. The number of hydrogen-bond donors (Lipinski definition) is 1. The van der Waals surface area contributed by atoms with Crippen molar-refractivity contribution >= 4 is 35.1 Å². The van der Waals surface area contributed by atoms with Crippen molar-refractivity contribution in [1.82, 2.24) is 0 Å². The van der Waals surface area contributed by atoms with Crippen LogP contribution in [0.3, 0.4) is 0 Å².